The number of hydrogen-bond acceptors (Lipinski definition) is 5. The first-order valence-electron chi connectivity index (χ1n) is 10.5. The van der Waals surface area contributed by atoms with Crippen molar-refractivity contribution in [3.05, 3.63) is 34.9 Å². The van der Waals surface area contributed by atoms with Gasteiger partial charge in [0.1, 0.15) is 12.1 Å². The lowest BCUT2D eigenvalue weighted by atomic mass is 10.0. The zero-order chi connectivity index (χ0) is 22.3. The van der Waals surface area contributed by atoms with Crippen LogP contribution in [0.3, 0.4) is 0 Å². The van der Waals surface area contributed by atoms with Crippen molar-refractivity contribution in [2.24, 2.45) is 5.73 Å². The maximum atomic E-state index is 13.6. The summed E-state index contributed by atoms with van der Waals surface area (Å²) in [6, 6.07) is 2.64. The molecular formula is C21H25F3N4O3. The van der Waals surface area contributed by atoms with Gasteiger partial charge in [0.15, 0.2) is 0 Å². The van der Waals surface area contributed by atoms with Crippen molar-refractivity contribution in [2.75, 3.05) is 6.54 Å². The molecule has 2 fully saturated rings. The smallest absolute Gasteiger partial charge is 0.330 e. The zero-order valence-electron chi connectivity index (χ0n) is 17.0. The van der Waals surface area contributed by atoms with Gasteiger partial charge in [0.2, 0.25) is 11.8 Å². The number of carbonyl (C=O) groups is 3. The summed E-state index contributed by atoms with van der Waals surface area (Å²) < 4.78 is 40.9. The highest BCUT2D eigenvalue weighted by Crippen LogP contribution is 2.37. The summed E-state index contributed by atoms with van der Waals surface area (Å²) in [5, 5.41) is 2.25. The second-order valence-electron chi connectivity index (χ2n) is 8.43. The molecule has 168 valence electrons. The number of benzene rings is 1. The Hall–Kier alpha value is -2.46. The molecule has 3 aliphatic rings. The number of carbonyl (C=O) groups excluding carboxylic acids is 3. The predicted molar refractivity (Wildman–Crippen MR) is 105 cm³/mol. The molecule has 4 rings (SSSR count). The fourth-order valence-corrected chi connectivity index (χ4v) is 4.49. The molecule has 0 radical (unpaired) electrons. The Morgan fingerprint density at radius 1 is 1.19 bits per heavy atom. The van der Waals surface area contributed by atoms with E-state index in [1.165, 1.54) is 9.80 Å². The van der Waals surface area contributed by atoms with E-state index in [0.717, 1.165) is 5.56 Å². The molecule has 0 spiro atoms. The summed E-state index contributed by atoms with van der Waals surface area (Å²) in [6.07, 6.45) is -2.70. The van der Waals surface area contributed by atoms with E-state index in [4.69, 9.17) is 5.73 Å². The number of hydrogen-bond donors (Lipinski definition) is 2. The zero-order valence-corrected chi connectivity index (χ0v) is 17.0. The van der Waals surface area contributed by atoms with Crippen molar-refractivity contribution in [1.82, 2.24) is 15.1 Å². The predicted octanol–water partition coefficient (Wildman–Crippen LogP) is 1.69. The number of imide groups is 1. The first-order valence-corrected chi connectivity index (χ1v) is 10.5. The molecule has 1 aliphatic carbocycles. The highest BCUT2D eigenvalue weighted by atomic mass is 19.4. The summed E-state index contributed by atoms with van der Waals surface area (Å²) in [4.78, 5) is 39.4. The van der Waals surface area contributed by atoms with E-state index in [0.29, 0.717) is 24.0 Å². The molecule has 2 aliphatic heterocycles. The summed E-state index contributed by atoms with van der Waals surface area (Å²) >= 11 is 0. The first-order chi connectivity index (χ1) is 14.7. The SMILES string of the molecule is NCCC(N(Cc1ccc2c(c1)C(=O)N(C1CCC(=O)NC1=O)C2)C1CC1)C(F)(F)F. The summed E-state index contributed by atoms with van der Waals surface area (Å²) in [5.41, 5.74) is 7.20. The molecule has 1 aromatic carbocycles. The minimum Gasteiger partial charge on any atom is -0.330 e. The maximum Gasteiger partial charge on any atom is 0.404 e. The van der Waals surface area contributed by atoms with Gasteiger partial charge in [-0.25, -0.2) is 0 Å². The van der Waals surface area contributed by atoms with Crippen LogP contribution in [0.25, 0.3) is 0 Å². The average Bonchev–Trinajstić information content (AvgIpc) is 3.49. The highest BCUT2D eigenvalue weighted by Gasteiger charge is 2.47. The number of rotatable bonds is 7. The minimum atomic E-state index is -4.38. The number of amides is 3. The molecule has 2 unspecified atom stereocenters. The van der Waals surface area contributed by atoms with Crippen molar-refractivity contribution < 1.29 is 27.6 Å². The third kappa shape index (κ3) is 4.45. The molecule has 1 saturated carbocycles. The summed E-state index contributed by atoms with van der Waals surface area (Å²) in [5.74, 6) is -1.18. The van der Waals surface area contributed by atoms with E-state index in [2.05, 4.69) is 5.32 Å². The molecule has 7 nitrogen and oxygen atoms in total. The van der Waals surface area contributed by atoms with Gasteiger partial charge in [0.05, 0.1) is 0 Å². The fraction of sp³-hybridized carbons (Fsp3) is 0.571. The van der Waals surface area contributed by atoms with Crippen LogP contribution in [0.1, 0.15) is 53.6 Å². The molecule has 2 heterocycles. The minimum absolute atomic E-state index is 0.0585. The molecule has 1 aromatic rings. The van der Waals surface area contributed by atoms with Gasteiger partial charge in [-0.05, 0) is 49.4 Å². The van der Waals surface area contributed by atoms with Gasteiger partial charge >= 0.3 is 6.18 Å². The number of alkyl halides is 3. The van der Waals surface area contributed by atoms with Crippen molar-refractivity contribution in [3.8, 4) is 0 Å². The van der Waals surface area contributed by atoms with Crippen LogP contribution >= 0.6 is 0 Å². The normalized spacial score (nSPS) is 22.7. The molecule has 0 aromatic heterocycles. The summed E-state index contributed by atoms with van der Waals surface area (Å²) in [6.45, 7) is 0.260. The van der Waals surface area contributed by atoms with Gasteiger partial charge in [0, 0.05) is 31.1 Å². The van der Waals surface area contributed by atoms with E-state index >= 15 is 0 Å². The number of nitrogens with one attached hydrogen (secondary N) is 1. The van der Waals surface area contributed by atoms with Crippen LogP contribution in [0.5, 0.6) is 0 Å². The Morgan fingerprint density at radius 3 is 2.55 bits per heavy atom. The van der Waals surface area contributed by atoms with Crippen LogP contribution in [0.2, 0.25) is 0 Å². The maximum absolute atomic E-state index is 13.6. The Bertz CT molecular complexity index is 900. The number of fused-ring (bicyclic) bond motifs is 1. The van der Waals surface area contributed by atoms with Crippen molar-refractivity contribution >= 4 is 17.7 Å². The van der Waals surface area contributed by atoms with Crippen LogP contribution in [0.4, 0.5) is 13.2 Å². The number of piperidine rings is 1. The second kappa shape index (κ2) is 8.23. The van der Waals surface area contributed by atoms with Crippen LogP contribution in [-0.2, 0) is 22.7 Å². The van der Waals surface area contributed by atoms with Gasteiger partial charge in [0.25, 0.3) is 5.91 Å². The van der Waals surface area contributed by atoms with Gasteiger partial charge in [-0.15, -0.1) is 0 Å². The third-order valence-corrected chi connectivity index (χ3v) is 6.19. The van der Waals surface area contributed by atoms with Crippen LogP contribution < -0.4 is 11.1 Å². The van der Waals surface area contributed by atoms with Gasteiger partial charge < -0.3 is 10.6 Å². The first kappa shape index (κ1) is 21.8. The lowest BCUT2D eigenvalue weighted by Gasteiger charge is -2.33. The van der Waals surface area contributed by atoms with E-state index in [9.17, 15) is 27.6 Å². The molecule has 10 heteroatoms. The quantitative estimate of drug-likeness (QED) is 0.632. The molecule has 31 heavy (non-hydrogen) atoms. The van der Waals surface area contributed by atoms with Gasteiger partial charge in [-0.2, -0.15) is 13.2 Å². The van der Waals surface area contributed by atoms with Crippen LogP contribution in [0, 0.1) is 0 Å². The number of nitrogens with two attached hydrogens (primary N) is 1. The van der Waals surface area contributed by atoms with Crippen molar-refractivity contribution in [3.63, 3.8) is 0 Å². The molecule has 0 bridgehead atoms. The van der Waals surface area contributed by atoms with Crippen molar-refractivity contribution in [1.29, 1.82) is 0 Å². The molecule has 3 amide bonds. The van der Waals surface area contributed by atoms with E-state index in [-0.39, 0.29) is 56.8 Å². The Morgan fingerprint density at radius 2 is 1.94 bits per heavy atom. The molecule has 3 N–H and O–H groups in total. The topological polar surface area (TPSA) is 95.7 Å². The highest BCUT2D eigenvalue weighted by molar-refractivity contribution is 6.05. The van der Waals surface area contributed by atoms with E-state index in [1.807, 2.05) is 0 Å². The molecular weight excluding hydrogens is 413 g/mol. The Kier molecular flexibility index (Phi) is 5.78. The third-order valence-electron chi connectivity index (χ3n) is 6.19. The molecule has 1 saturated heterocycles. The Balaban J connectivity index is 1.53. The average molecular weight is 438 g/mol. The largest absolute Gasteiger partial charge is 0.404 e. The van der Waals surface area contributed by atoms with Crippen molar-refractivity contribution in [2.45, 2.75) is 69.5 Å². The fourth-order valence-electron chi connectivity index (χ4n) is 4.49. The monoisotopic (exact) mass is 438 g/mol. The second-order valence-corrected chi connectivity index (χ2v) is 8.43. The lowest BCUT2D eigenvalue weighted by molar-refractivity contribution is -0.188. The number of nitrogens with zero attached hydrogens (tertiary/aromatic N) is 2. The summed E-state index contributed by atoms with van der Waals surface area (Å²) in [7, 11) is 0. The molecule has 2 atom stereocenters. The number of halogens is 3. The standard InChI is InChI=1S/C21H25F3N4O3/c22-21(23,24)17(7-8-25)27(14-3-4-14)10-12-1-2-13-11-28(20(31)15(13)9-12)16-5-6-18(29)26-19(16)30/h1-2,9,14,16-17H,3-8,10-11,25H2,(H,26,29,30). The lowest BCUT2D eigenvalue weighted by Crippen LogP contribution is -2.52. The van der Waals surface area contributed by atoms with Crippen LogP contribution in [0.15, 0.2) is 18.2 Å². The van der Waals surface area contributed by atoms with Crippen LogP contribution in [-0.4, -0.2) is 58.4 Å². The Labute approximate surface area is 177 Å². The van der Waals surface area contributed by atoms with E-state index < -0.39 is 24.2 Å². The van der Waals surface area contributed by atoms with Gasteiger partial charge in [-0.3, -0.25) is 24.6 Å². The van der Waals surface area contributed by atoms with E-state index in [1.54, 1.807) is 18.2 Å². The van der Waals surface area contributed by atoms with Gasteiger partial charge in [-0.1, -0.05) is 12.1 Å².